The molecule has 3 aromatic carbocycles. The summed E-state index contributed by atoms with van der Waals surface area (Å²) < 4.78 is 0. The summed E-state index contributed by atoms with van der Waals surface area (Å²) in [6.07, 6.45) is 0.753. The second kappa shape index (κ2) is 6.39. The zero-order valence-electron chi connectivity index (χ0n) is 12.7. The van der Waals surface area contributed by atoms with Gasteiger partial charge in [0.15, 0.2) is 0 Å². The highest BCUT2D eigenvalue weighted by atomic mass is 35.5. The normalized spacial score (nSPS) is 10.9. The van der Waals surface area contributed by atoms with Gasteiger partial charge in [-0.1, -0.05) is 53.6 Å². The van der Waals surface area contributed by atoms with Crippen LogP contribution >= 0.6 is 11.6 Å². The number of nitrogens with one attached hydrogen (secondary N) is 1. The van der Waals surface area contributed by atoms with E-state index in [0.29, 0.717) is 22.8 Å². The summed E-state index contributed by atoms with van der Waals surface area (Å²) in [4.78, 5) is 23.7. The first-order valence-electron chi connectivity index (χ1n) is 7.45. The Hall–Kier alpha value is -2.39. The molecule has 3 nitrogen and oxygen atoms in total. The number of anilines is 1. The van der Waals surface area contributed by atoms with E-state index in [1.165, 1.54) is 0 Å². The summed E-state index contributed by atoms with van der Waals surface area (Å²) in [5.41, 5.74) is 3.09. The predicted molar refractivity (Wildman–Crippen MR) is 95.2 cm³/mol. The smallest absolute Gasteiger partial charge is 0.250 e. The van der Waals surface area contributed by atoms with E-state index in [4.69, 9.17) is 11.6 Å². The first kappa shape index (κ1) is 15.5. The number of benzene rings is 2. The lowest BCUT2D eigenvalue weighted by Gasteiger charge is -2.13. The van der Waals surface area contributed by atoms with Crippen molar-refractivity contribution in [3.05, 3.63) is 85.1 Å². The number of aryl methyl sites for hydroxylation is 1. The number of hydrogen-bond acceptors (Lipinski definition) is 3. The second-order valence-electron chi connectivity index (χ2n) is 5.58. The topological polar surface area (TPSA) is 46.2 Å². The van der Waals surface area contributed by atoms with E-state index in [0.717, 1.165) is 23.1 Å². The van der Waals surface area contributed by atoms with Crippen molar-refractivity contribution in [2.24, 2.45) is 0 Å². The zero-order chi connectivity index (χ0) is 16.4. The van der Waals surface area contributed by atoms with Crippen LogP contribution in [0.25, 0.3) is 11.1 Å². The van der Waals surface area contributed by atoms with E-state index in [9.17, 15) is 9.59 Å². The van der Waals surface area contributed by atoms with E-state index in [1.54, 1.807) is 0 Å². The van der Waals surface area contributed by atoms with Crippen LogP contribution < -0.4 is 16.2 Å². The Bertz CT molecular complexity index is 889. The molecule has 0 fully saturated rings. The van der Waals surface area contributed by atoms with Crippen LogP contribution in [0.3, 0.4) is 0 Å². The van der Waals surface area contributed by atoms with E-state index in [-0.39, 0.29) is 0 Å². The Balaban J connectivity index is 1.73. The van der Waals surface area contributed by atoms with Crippen molar-refractivity contribution in [1.29, 1.82) is 0 Å². The second-order valence-corrected chi connectivity index (χ2v) is 6.01. The van der Waals surface area contributed by atoms with E-state index in [1.807, 2.05) is 55.5 Å². The van der Waals surface area contributed by atoms with Gasteiger partial charge in [0.25, 0.3) is 0 Å². The molecule has 0 aliphatic heterocycles. The average molecular weight is 326 g/mol. The number of halogens is 1. The Morgan fingerprint density at radius 3 is 2.22 bits per heavy atom. The molecule has 0 saturated heterocycles. The molecule has 1 N–H and O–H groups in total. The molecule has 0 unspecified atom stereocenters. The SMILES string of the molecule is Cc1ccc(-c2c(NCCc3ccc(Cl)cc3)c(=O)c2=O)cc1. The van der Waals surface area contributed by atoms with Crippen LogP contribution in [0.5, 0.6) is 0 Å². The fourth-order valence-corrected chi connectivity index (χ4v) is 2.66. The van der Waals surface area contributed by atoms with E-state index < -0.39 is 10.9 Å². The molecular weight excluding hydrogens is 310 g/mol. The largest absolute Gasteiger partial charge is 0.381 e. The molecule has 3 aromatic rings. The molecule has 0 saturated carbocycles. The third kappa shape index (κ3) is 3.20. The van der Waals surface area contributed by atoms with Gasteiger partial charge in [0.1, 0.15) is 0 Å². The van der Waals surface area contributed by atoms with Crippen LogP contribution in [-0.4, -0.2) is 6.54 Å². The minimum atomic E-state index is -0.434. The Kier molecular flexibility index (Phi) is 4.30. The molecule has 23 heavy (non-hydrogen) atoms. The fourth-order valence-electron chi connectivity index (χ4n) is 2.54. The summed E-state index contributed by atoms with van der Waals surface area (Å²) in [5.74, 6) is 0. The third-order valence-corrected chi connectivity index (χ3v) is 4.13. The molecule has 4 heteroatoms. The maximum Gasteiger partial charge on any atom is 0.250 e. The maximum absolute atomic E-state index is 11.9. The molecule has 0 bridgehead atoms. The highest BCUT2D eigenvalue weighted by molar-refractivity contribution is 6.30. The predicted octanol–water partition coefficient (Wildman–Crippen LogP) is 3.57. The minimum Gasteiger partial charge on any atom is -0.381 e. The minimum absolute atomic E-state index is 0.414. The van der Waals surface area contributed by atoms with Gasteiger partial charge >= 0.3 is 0 Å². The summed E-state index contributed by atoms with van der Waals surface area (Å²) in [7, 11) is 0. The molecule has 0 spiro atoms. The van der Waals surface area contributed by atoms with Crippen LogP contribution in [-0.2, 0) is 6.42 Å². The lowest BCUT2D eigenvalue weighted by molar-refractivity contribution is 1.01. The van der Waals surface area contributed by atoms with Crippen molar-refractivity contribution in [2.75, 3.05) is 11.9 Å². The van der Waals surface area contributed by atoms with Crippen molar-refractivity contribution in [3.8, 4) is 11.1 Å². The summed E-state index contributed by atoms with van der Waals surface area (Å²) in [6.45, 7) is 2.57. The van der Waals surface area contributed by atoms with Crippen LogP contribution in [0, 0.1) is 6.92 Å². The molecule has 0 radical (unpaired) electrons. The van der Waals surface area contributed by atoms with Crippen molar-refractivity contribution >= 4 is 17.3 Å². The van der Waals surface area contributed by atoms with Crippen LogP contribution in [0.15, 0.2) is 58.1 Å². The lowest BCUT2D eigenvalue weighted by Crippen LogP contribution is -2.36. The molecule has 0 aliphatic rings. The molecule has 0 aromatic heterocycles. The molecule has 0 atom stereocenters. The first-order chi connectivity index (χ1) is 11.1. The Morgan fingerprint density at radius 1 is 0.913 bits per heavy atom. The standard InChI is InChI=1S/C19H16ClNO2/c1-12-2-6-14(7-3-12)16-17(19(23)18(16)22)21-11-10-13-4-8-15(20)9-5-13/h2-9,21H,10-11H2,1H3. The highest BCUT2D eigenvalue weighted by Gasteiger charge is 2.21. The summed E-state index contributed by atoms with van der Waals surface area (Å²) in [6, 6.07) is 15.2. The van der Waals surface area contributed by atoms with Crippen molar-refractivity contribution < 1.29 is 0 Å². The van der Waals surface area contributed by atoms with Crippen LogP contribution in [0.4, 0.5) is 5.69 Å². The van der Waals surface area contributed by atoms with Gasteiger partial charge in [0, 0.05) is 11.6 Å². The van der Waals surface area contributed by atoms with Gasteiger partial charge in [-0.05, 0) is 36.6 Å². The van der Waals surface area contributed by atoms with Crippen LogP contribution in [0.1, 0.15) is 11.1 Å². The van der Waals surface area contributed by atoms with Gasteiger partial charge in [0.2, 0.25) is 10.9 Å². The van der Waals surface area contributed by atoms with Crippen LogP contribution in [0.2, 0.25) is 5.02 Å². The van der Waals surface area contributed by atoms with Crippen molar-refractivity contribution in [2.45, 2.75) is 13.3 Å². The number of rotatable bonds is 5. The third-order valence-electron chi connectivity index (χ3n) is 3.88. The molecular formula is C19H16ClNO2. The Labute approximate surface area is 139 Å². The van der Waals surface area contributed by atoms with E-state index in [2.05, 4.69) is 5.32 Å². The lowest BCUT2D eigenvalue weighted by atomic mass is 9.97. The monoisotopic (exact) mass is 325 g/mol. The average Bonchev–Trinajstić information content (AvgIpc) is 2.56. The van der Waals surface area contributed by atoms with Gasteiger partial charge in [-0.3, -0.25) is 9.59 Å². The molecule has 0 heterocycles. The molecule has 116 valence electrons. The summed E-state index contributed by atoms with van der Waals surface area (Å²) >= 11 is 5.86. The Morgan fingerprint density at radius 2 is 1.57 bits per heavy atom. The summed E-state index contributed by atoms with van der Waals surface area (Å²) in [5, 5.41) is 3.80. The molecule has 0 aliphatic carbocycles. The highest BCUT2D eigenvalue weighted by Crippen LogP contribution is 2.23. The zero-order valence-corrected chi connectivity index (χ0v) is 13.5. The molecule has 3 rings (SSSR count). The fraction of sp³-hybridized carbons (Fsp3) is 0.158. The van der Waals surface area contributed by atoms with Gasteiger partial charge in [-0.25, -0.2) is 0 Å². The van der Waals surface area contributed by atoms with Gasteiger partial charge in [0.05, 0.1) is 11.3 Å². The molecule has 0 amide bonds. The van der Waals surface area contributed by atoms with Gasteiger partial charge in [-0.15, -0.1) is 0 Å². The van der Waals surface area contributed by atoms with E-state index >= 15 is 0 Å². The first-order valence-corrected chi connectivity index (χ1v) is 7.83. The quantitative estimate of drug-likeness (QED) is 0.729. The van der Waals surface area contributed by atoms with Gasteiger partial charge in [-0.2, -0.15) is 0 Å². The van der Waals surface area contributed by atoms with Crippen molar-refractivity contribution in [3.63, 3.8) is 0 Å². The van der Waals surface area contributed by atoms with Gasteiger partial charge < -0.3 is 5.32 Å². The number of hydrogen-bond donors (Lipinski definition) is 1. The maximum atomic E-state index is 11.9. The van der Waals surface area contributed by atoms with Crippen molar-refractivity contribution in [1.82, 2.24) is 0 Å².